The summed E-state index contributed by atoms with van der Waals surface area (Å²) >= 11 is 0. The molecule has 0 saturated carbocycles. The fourth-order valence-corrected chi connectivity index (χ4v) is 3.42. The zero-order valence-electron chi connectivity index (χ0n) is 15.0. The lowest BCUT2D eigenvalue weighted by molar-refractivity contribution is 0.0564. The van der Waals surface area contributed by atoms with E-state index >= 15 is 0 Å². The molecular formula is C20H21N3O4. The van der Waals surface area contributed by atoms with Crippen molar-refractivity contribution in [3.05, 3.63) is 59.4 Å². The van der Waals surface area contributed by atoms with E-state index < -0.39 is 5.97 Å². The third-order valence-electron chi connectivity index (χ3n) is 4.79. The van der Waals surface area contributed by atoms with Crippen LogP contribution in [0.5, 0.6) is 5.75 Å². The van der Waals surface area contributed by atoms with Crippen LogP contribution in [0, 0.1) is 0 Å². The van der Waals surface area contributed by atoms with E-state index in [1.54, 1.807) is 19.2 Å². The van der Waals surface area contributed by atoms with Gasteiger partial charge in [0.25, 0.3) is 0 Å². The van der Waals surface area contributed by atoms with Gasteiger partial charge in [-0.2, -0.15) is 0 Å². The van der Waals surface area contributed by atoms with Crippen LogP contribution in [-0.4, -0.2) is 40.9 Å². The van der Waals surface area contributed by atoms with Gasteiger partial charge in [-0.3, -0.25) is 0 Å². The van der Waals surface area contributed by atoms with Crippen LogP contribution in [0.4, 0.5) is 0 Å². The Hall–Kier alpha value is -2.90. The van der Waals surface area contributed by atoms with Gasteiger partial charge in [0.05, 0.1) is 36.4 Å². The molecule has 2 aromatic carbocycles. The number of hydrogen-bond acceptors (Lipinski definition) is 5. The minimum absolute atomic E-state index is 0.144. The molecule has 0 radical (unpaired) electrons. The average molecular weight is 367 g/mol. The summed E-state index contributed by atoms with van der Waals surface area (Å²) < 4.78 is 13.2. The topological polar surface area (TPSA) is 85.6 Å². The number of ether oxygens (including phenoxy) is 2. The maximum atomic E-state index is 10.9. The number of hydrogen-bond donors (Lipinski definition) is 2. The van der Waals surface area contributed by atoms with Crippen molar-refractivity contribution in [2.75, 3.05) is 20.3 Å². The van der Waals surface area contributed by atoms with E-state index in [9.17, 15) is 4.79 Å². The van der Waals surface area contributed by atoms with Gasteiger partial charge in [-0.1, -0.05) is 12.1 Å². The van der Waals surface area contributed by atoms with Gasteiger partial charge in [0, 0.05) is 19.2 Å². The summed E-state index contributed by atoms with van der Waals surface area (Å²) in [6.07, 6.45) is 0. The summed E-state index contributed by atoms with van der Waals surface area (Å²) in [6.45, 7) is 2.51. The lowest BCUT2D eigenvalue weighted by Gasteiger charge is -2.26. The number of imidazole rings is 1. The molecule has 3 aromatic rings. The third kappa shape index (κ3) is 3.51. The zero-order valence-corrected chi connectivity index (χ0v) is 15.0. The van der Waals surface area contributed by atoms with Gasteiger partial charge in [0.2, 0.25) is 0 Å². The molecular weight excluding hydrogens is 346 g/mol. The minimum atomic E-state index is -0.912. The van der Waals surface area contributed by atoms with Crippen LogP contribution in [0.25, 0.3) is 11.0 Å². The highest BCUT2D eigenvalue weighted by atomic mass is 16.5. The number of aromatic nitrogens is 2. The van der Waals surface area contributed by atoms with E-state index in [4.69, 9.17) is 14.6 Å². The lowest BCUT2D eigenvalue weighted by atomic mass is 10.1. The molecule has 2 N–H and O–H groups in total. The Morgan fingerprint density at radius 1 is 1.33 bits per heavy atom. The number of benzene rings is 2. The number of carboxylic acids is 1. The van der Waals surface area contributed by atoms with Crippen LogP contribution in [0.15, 0.2) is 42.5 Å². The SMILES string of the molecule is COc1ccc2c(c1)nc1n2[C@@H](CNCc2ccc(C(=O)O)cc2)COC1. The number of carbonyl (C=O) groups is 1. The van der Waals surface area contributed by atoms with Crippen molar-refractivity contribution in [3.8, 4) is 5.75 Å². The summed E-state index contributed by atoms with van der Waals surface area (Å²) in [7, 11) is 1.65. The molecule has 0 amide bonds. The minimum Gasteiger partial charge on any atom is -0.497 e. The second-order valence-electron chi connectivity index (χ2n) is 6.55. The molecule has 0 spiro atoms. The predicted molar refractivity (Wildman–Crippen MR) is 100 cm³/mol. The van der Waals surface area contributed by atoms with E-state index in [2.05, 4.69) is 14.9 Å². The monoisotopic (exact) mass is 367 g/mol. The largest absolute Gasteiger partial charge is 0.497 e. The summed E-state index contributed by atoms with van der Waals surface area (Å²) in [5, 5.41) is 12.4. The molecule has 7 nitrogen and oxygen atoms in total. The van der Waals surface area contributed by atoms with Crippen LogP contribution in [0.2, 0.25) is 0 Å². The van der Waals surface area contributed by atoms with Crippen molar-refractivity contribution >= 4 is 17.0 Å². The summed E-state index contributed by atoms with van der Waals surface area (Å²) in [4.78, 5) is 15.6. The van der Waals surface area contributed by atoms with E-state index in [1.807, 2.05) is 30.3 Å². The Morgan fingerprint density at radius 3 is 2.89 bits per heavy atom. The fraction of sp³-hybridized carbons (Fsp3) is 0.300. The number of rotatable bonds is 6. The van der Waals surface area contributed by atoms with Gasteiger partial charge < -0.3 is 24.5 Å². The molecule has 0 saturated heterocycles. The Balaban J connectivity index is 1.47. The molecule has 0 fully saturated rings. The maximum absolute atomic E-state index is 10.9. The van der Waals surface area contributed by atoms with Gasteiger partial charge in [0.1, 0.15) is 18.2 Å². The maximum Gasteiger partial charge on any atom is 0.335 e. The molecule has 0 aliphatic carbocycles. The molecule has 27 heavy (non-hydrogen) atoms. The van der Waals surface area contributed by atoms with E-state index in [0.717, 1.165) is 34.7 Å². The molecule has 1 aliphatic heterocycles. The standard InChI is InChI=1S/C20H21N3O4/c1-26-16-6-7-18-17(8-16)22-19-12-27-11-15(23(18)19)10-21-9-13-2-4-14(5-3-13)20(24)25/h2-8,15,21H,9-12H2,1H3,(H,24,25)/t15-/m0/s1. The van der Waals surface area contributed by atoms with Crippen molar-refractivity contribution < 1.29 is 19.4 Å². The van der Waals surface area contributed by atoms with Crippen molar-refractivity contribution in [1.29, 1.82) is 0 Å². The number of carboxylic acid groups (broad SMARTS) is 1. The number of methoxy groups -OCH3 is 1. The first-order valence-corrected chi connectivity index (χ1v) is 8.81. The average Bonchev–Trinajstić information content (AvgIpc) is 3.06. The molecule has 0 unspecified atom stereocenters. The molecule has 2 heterocycles. The fourth-order valence-electron chi connectivity index (χ4n) is 3.42. The number of fused-ring (bicyclic) bond motifs is 3. The quantitative estimate of drug-likeness (QED) is 0.697. The zero-order chi connectivity index (χ0) is 18.8. The summed E-state index contributed by atoms with van der Waals surface area (Å²) in [5.74, 6) is 0.797. The first-order chi connectivity index (χ1) is 13.2. The van der Waals surface area contributed by atoms with Crippen molar-refractivity contribution in [2.45, 2.75) is 19.2 Å². The Morgan fingerprint density at radius 2 is 2.15 bits per heavy atom. The van der Waals surface area contributed by atoms with Crippen LogP contribution < -0.4 is 10.1 Å². The van der Waals surface area contributed by atoms with Crippen molar-refractivity contribution in [1.82, 2.24) is 14.9 Å². The highest BCUT2D eigenvalue weighted by Crippen LogP contribution is 2.28. The van der Waals surface area contributed by atoms with Crippen LogP contribution in [-0.2, 0) is 17.9 Å². The van der Waals surface area contributed by atoms with E-state index in [-0.39, 0.29) is 6.04 Å². The predicted octanol–water partition coefficient (Wildman–Crippen LogP) is 2.60. The Labute approximate surface area is 156 Å². The first kappa shape index (κ1) is 17.5. The van der Waals surface area contributed by atoms with Crippen LogP contribution in [0.1, 0.15) is 27.8 Å². The van der Waals surface area contributed by atoms with Gasteiger partial charge in [-0.15, -0.1) is 0 Å². The molecule has 4 rings (SSSR count). The highest BCUT2D eigenvalue weighted by molar-refractivity contribution is 5.87. The van der Waals surface area contributed by atoms with E-state index in [0.29, 0.717) is 25.3 Å². The van der Waals surface area contributed by atoms with E-state index in [1.165, 1.54) is 0 Å². The molecule has 7 heteroatoms. The molecule has 1 aliphatic rings. The van der Waals surface area contributed by atoms with Gasteiger partial charge >= 0.3 is 5.97 Å². The second kappa shape index (κ2) is 7.38. The number of nitrogens with zero attached hydrogens (tertiary/aromatic N) is 2. The molecule has 1 atom stereocenters. The second-order valence-corrected chi connectivity index (χ2v) is 6.55. The van der Waals surface area contributed by atoms with Crippen LogP contribution in [0.3, 0.4) is 0 Å². The number of nitrogens with one attached hydrogen (secondary N) is 1. The molecule has 140 valence electrons. The smallest absolute Gasteiger partial charge is 0.335 e. The summed E-state index contributed by atoms with van der Waals surface area (Å²) in [6, 6.07) is 13.0. The summed E-state index contributed by atoms with van der Waals surface area (Å²) in [5.41, 5.74) is 3.32. The third-order valence-corrected chi connectivity index (χ3v) is 4.79. The van der Waals surface area contributed by atoms with Gasteiger partial charge in [-0.05, 0) is 29.8 Å². The Kier molecular flexibility index (Phi) is 4.79. The van der Waals surface area contributed by atoms with Crippen LogP contribution >= 0.6 is 0 Å². The van der Waals surface area contributed by atoms with Gasteiger partial charge in [-0.25, -0.2) is 9.78 Å². The first-order valence-electron chi connectivity index (χ1n) is 8.81. The van der Waals surface area contributed by atoms with Crippen molar-refractivity contribution in [2.24, 2.45) is 0 Å². The van der Waals surface area contributed by atoms with Crippen molar-refractivity contribution in [3.63, 3.8) is 0 Å². The number of aromatic carboxylic acids is 1. The molecule has 1 aromatic heterocycles. The molecule has 0 bridgehead atoms. The lowest BCUT2D eigenvalue weighted by Crippen LogP contribution is -2.32. The highest BCUT2D eigenvalue weighted by Gasteiger charge is 2.24. The van der Waals surface area contributed by atoms with Gasteiger partial charge in [0.15, 0.2) is 0 Å². The Bertz CT molecular complexity index is 965. The normalized spacial score (nSPS) is 16.3.